The van der Waals surface area contributed by atoms with E-state index in [0.29, 0.717) is 0 Å². The van der Waals surface area contributed by atoms with Crippen LogP contribution in [0.15, 0.2) is 89.9 Å². The fourth-order valence-electron chi connectivity index (χ4n) is 3.28. The van der Waals surface area contributed by atoms with Gasteiger partial charge in [-0.1, -0.05) is 66.7 Å². The fraction of sp³-hybridized carbons (Fsp3) is 0.136. The predicted octanol–water partition coefficient (Wildman–Crippen LogP) is 4.70. The molecule has 4 rings (SSSR count). The Labute approximate surface area is 148 Å². The first-order valence-electron chi connectivity index (χ1n) is 8.45. The van der Waals surface area contributed by atoms with Crippen LogP contribution in [0.25, 0.3) is 0 Å². The molecule has 124 valence electrons. The van der Waals surface area contributed by atoms with Crippen molar-refractivity contribution in [1.29, 1.82) is 0 Å². The van der Waals surface area contributed by atoms with Gasteiger partial charge in [0.15, 0.2) is 0 Å². The summed E-state index contributed by atoms with van der Waals surface area (Å²) in [5.74, 6) is 1.89. The Hall–Kier alpha value is -3.07. The van der Waals surface area contributed by atoms with Gasteiger partial charge in [0, 0.05) is 16.8 Å². The maximum Gasteiger partial charge on any atom is 0.136 e. The number of ether oxygens (including phenoxy) is 1. The highest BCUT2D eigenvalue weighted by atomic mass is 16.5. The Kier molecular flexibility index (Phi) is 4.21. The number of para-hydroxylation sites is 2. The third-order valence-electron chi connectivity index (χ3n) is 4.49. The molecule has 1 aliphatic heterocycles. The van der Waals surface area contributed by atoms with Crippen LogP contribution in [-0.4, -0.2) is 19.5 Å². The molecule has 25 heavy (non-hydrogen) atoms. The van der Waals surface area contributed by atoms with E-state index in [1.54, 1.807) is 7.11 Å². The number of benzene rings is 3. The van der Waals surface area contributed by atoms with Gasteiger partial charge < -0.3 is 9.64 Å². The van der Waals surface area contributed by atoms with Crippen LogP contribution in [0, 0.1) is 0 Å². The zero-order valence-electron chi connectivity index (χ0n) is 14.2. The van der Waals surface area contributed by atoms with Crippen molar-refractivity contribution in [3.63, 3.8) is 0 Å². The summed E-state index contributed by atoms with van der Waals surface area (Å²) in [6.07, 6.45) is 0. The molecule has 0 amide bonds. The van der Waals surface area contributed by atoms with E-state index in [4.69, 9.17) is 9.73 Å². The van der Waals surface area contributed by atoms with Crippen molar-refractivity contribution < 1.29 is 4.74 Å². The number of hydrogen-bond donors (Lipinski definition) is 0. The van der Waals surface area contributed by atoms with Crippen LogP contribution >= 0.6 is 0 Å². The van der Waals surface area contributed by atoms with Gasteiger partial charge in [0.2, 0.25) is 0 Å². The summed E-state index contributed by atoms with van der Waals surface area (Å²) in [6.45, 7) is 0.800. The summed E-state index contributed by atoms with van der Waals surface area (Å²) in [5, 5.41) is 0. The summed E-state index contributed by atoms with van der Waals surface area (Å²) >= 11 is 0. The first-order valence-corrected chi connectivity index (χ1v) is 8.45. The lowest BCUT2D eigenvalue weighted by Crippen LogP contribution is -2.28. The molecular weight excluding hydrogens is 308 g/mol. The monoisotopic (exact) mass is 328 g/mol. The predicted molar refractivity (Wildman–Crippen MR) is 103 cm³/mol. The maximum absolute atomic E-state index is 5.55. The smallest absolute Gasteiger partial charge is 0.136 e. The standard InChI is InChI=1S/C22H20N2O/c1-25-21-15-9-8-14-19(21)20-16-24(18-12-6-3-7-13-18)22(23-20)17-10-4-2-5-11-17/h2-15,20H,16H2,1H3. The third kappa shape index (κ3) is 3.01. The molecule has 0 bridgehead atoms. The van der Waals surface area contributed by atoms with Crippen LogP contribution in [0.4, 0.5) is 5.69 Å². The minimum Gasteiger partial charge on any atom is -0.496 e. The highest BCUT2D eigenvalue weighted by Gasteiger charge is 2.29. The van der Waals surface area contributed by atoms with Crippen LogP contribution in [0.5, 0.6) is 5.75 Å². The Morgan fingerprint density at radius 3 is 2.20 bits per heavy atom. The molecule has 1 atom stereocenters. The lowest BCUT2D eigenvalue weighted by molar-refractivity contribution is 0.406. The second kappa shape index (κ2) is 6.81. The molecule has 0 saturated heterocycles. The second-order valence-corrected chi connectivity index (χ2v) is 6.02. The van der Waals surface area contributed by atoms with E-state index in [0.717, 1.165) is 34.9 Å². The van der Waals surface area contributed by atoms with Crippen molar-refractivity contribution in [1.82, 2.24) is 0 Å². The minimum absolute atomic E-state index is 0.0477. The Morgan fingerprint density at radius 2 is 1.48 bits per heavy atom. The van der Waals surface area contributed by atoms with Crippen molar-refractivity contribution in [2.24, 2.45) is 4.99 Å². The van der Waals surface area contributed by atoms with E-state index in [9.17, 15) is 0 Å². The number of anilines is 1. The van der Waals surface area contributed by atoms with E-state index in [-0.39, 0.29) is 6.04 Å². The fourth-order valence-corrected chi connectivity index (χ4v) is 3.28. The van der Waals surface area contributed by atoms with Gasteiger partial charge in [-0.15, -0.1) is 0 Å². The average molecular weight is 328 g/mol. The molecule has 1 aliphatic rings. The molecule has 3 aromatic rings. The zero-order chi connectivity index (χ0) is 17.1. The van der Waals surface area contributed by atoms with Crippen LogP contribution in [0.1, 0.15) is 17.2 Å². The molecule has 1 heterocycles. The first kappa shape index (κ1) is 15.5. The highest BCUT2D eigenvalue weighted by Crippen LogP contribution is 2.35. The largest absolute Gasteiger partial charge is 0.496 e. The summed E-state index contributed by atoms with van der Waals surface area (Å²) < 4.78 is 5.55. The Morgan fingerprint density at radius 1 is 0.840 bits per heavy atom. The van der Waals surface area contributed by atoms with E-state index >= 15 is 0 Å². The quantitative estimate of drug-likeness (QED) is 0.693. The first-order chi connectivity index (χ1) is 12.4. The van der Waals surface area contributed by atoms with Crippen molar-refractivity contribution in [2.45, 2.75) is 6.04 Å². The summed E-state index contributed by atoms with van der Waals surface area (Å²) in [6, 6.07) is 29.0. The average Bonchev–Trinajstić information content (AvgIpc) is 3.14. The summed E-state index contributed by atoms with van der Waals surface area (Å²) in [7, 11) is 1.71. The number of methoxy groups -OCH3 is 1. The topological polar surface area (TPSA) is 24.8 Å². The van der Waals surface area contributed by atoms with Gasteiger partial charge in [-0.05, 0) is 18.2 Å². The van der Waals surface area contributed by atoms with E-state index < -0.39 is 0 Å². The summed E-state index contributed by atoms with van der Waals surface area (Å²) in [4.78, 5) is 7.34. The number of rotatable bonds is 4. The van der Waals surface area contributed by atoms with Crippen molar-refractivity contribution in [3.8, 4) is 5.75 Å². The molecule has 0 aromatic heterocycles. The van der Waals surface area contributed by atoms with E-state index in [1.165, 1.54) is 0 Å². The Balaban J connectivity index is 1.78. The number of amidine groups is 1. The maximum atomic E-state index is 5.55. The lowest BCUT2D eigenvalue weighted by atomic mass is 10.1. The third-order valence-corrected chi connectivity index (χ3v) is 4.49. The van der Waals surface area contributed by atoms with Crippen LogP contribution < -0.4 is 9.64 Å². The molecule has 0 fully saturated rings. The van der Waals surface area contributed by atoms with Crippen molar-refractivity contribution in [2.75, 3.05) is 18.6 Å². The van der Waals surface area contributed by atoms with Crippen molar-refractivity contribution >= 4 is 11.5 Å². The normalized spacial score (nSPS) is 16.6. The number of hydrogen-bond acceptors (Lipinski definition) is 3. The molecule has 1 unspecified atom stereocenters. The van der Waals surface area contributed by atoms with Gasteiger partial charge >= 0.3 is 0 Å². The molecule has 0 N–H and O–H groups in total. The van der Waals surface area contributed by atoms with Crippen molar-refractivity contribution in [3.05, 3.63) is 96.1 Å². The molecular formula is C22H20N2O. The van der Waals surface area contributed by atoms with Gasteiger partial charge in [-0.2, -0.15) is 0 Å². The molecule has 0 saturated carbocycles. The van der Waals surface area contributed by atoms with Gasteiger partial charge in [0.1, 0.15) is 11.6 Å². The number of aliphatic imine (C=N–C) groups is 1. The number of nitrogens with zero attached hydrogens (tertiary/aromatic N) is 2. The van der Waals surface area contributed by atoms with Crippen LogP contribution in [-0.2, 0) is 0 Å². The summed E-state index contributed by atoms with van der Waals surface area (Å²) in [5.41, 5.74) is 3.41. The second-order valence-electron chi connectivity index (χ2n) is 6.02. The van der Waals surface area contributed by atoms with Gasteiger partial charge in [0.05, 0.1) is 19.7 Å². The van der Waals surface area contributed by atoms with Crippen LogP contribution in [0.2, 0.25) is 0 Å². The molecule has 3 nitrogen and oxygen atoms in total. The minimum atomic E-state index is 0.0477. The lowest BCUT2D eigenvalue weighted by Gasteiger charge is -2.21. The van der Waals surface area contributed by atoms with Gasteiger partial charge in [-0.25, -0.2) is 0 Å². The highest BCUT2D eigenvalue weighted by molar-refractivity contribution is 6.11. The molecule has 3 aromatic carbocycles. The van der Waals surface area contributed by atoms with E-state index in [2.05, 4.69) is 59.5 Å². The molecule has 3 heteroatoms. The zero-order valence-corrected chi connectivity index (χ0v) is 14.2. The Bertz CT molecular complexity index is 875. The SMILES string of the molecule is COc1ccccc1C1CN(c2ccccc2)C(c2ccccc2)=N1. The van der Waals surface area contributed by atoms with Gasteiger partial charge in [0.25, 0.3) is 0 Å². The molecule has 0 radical (unpaired) electrons. The molecule has 0 spiro atoms. The van der Waals surface area contributed by atoms with Crippen LogP contribution in [0.3, 0.4) is 0 Å². The molecule has 0 aliphatic carbocycles. The van der Waals surface area contributed by atoms with E-state index in [1.807, 2.05) is 30.3 Å². The van der Waals surface area contributed by atoms with Gasteiger partial charge in [-0.3, -0.25) is 4.99 Å².